The van der Waals surface area contributed by atoms with Crippen molar-refractivity contribution in [3.05, 3.63) is 77.4 Å². The van der Waals surface area contributed by atoms with Crippen LogP contribution in [0.5, 0.6) is 5.75 Å². The fraction of sp³-hybridized carbons (Fsp3) is 0.393. The molecule has 2 atom stereocenters. The number of nitrogens with two attached hydrogens (primary N) is 1. The fourth-order valence-electron chi connectivity index (χ4n) is 4.72. The van der Waals surface area contributed by atoms with Crippen LogP contribution < -0.4 is 5.73 Å². The molecule has 0 aromatic heterocycles. The SMILES string of the molecule is C=C(C)CN1CC(=O)N2C(CN(Cc3ccc(F)cc3F)C(=O)[C@@H]2Cc2ccc(O)cc2)N1C(N)=O.CCC. The maximum absolute atomic E-state index is 14.5. The molecule has 0 saturated carbocycles. The number of carbonyl (C=O) groups is 3. The number of aromatic hydroxyl groups is 1. The molecule has 39 heavy (non-hydrogen) atoms. The number of urea groups is 1. The Bertz CT molecular complexity index is 1220. The number of phenolic OH excluding ortho intramolecular Hbond substituents is 1. The van der Waals surface area contributed by atoms with Gasteiger partial charge in [-0.05, 0) is 30.7 Å². The highest BCUT2D eigenvalue weighted by Gasteiger charge is 2.51. The van der Waals surface area contributed by atoms with Gasteiger partial charge in [0.25, 0.3) is 0 Å². The van der Waals surface area contributed by atoms with E-state index in [2.05, 4.69) is 20.4 Å². The second kappa shape index (κ2) is 12.7. The van der Waals surface area contributed by atoms with Crippen LogP contribution in [0.3, 0.4) is 0 Å². The van der Waals surface area contributed by atoms with E-state index in [1.807, 2.05) is 0 Å². The summed E-state index contributed by atoms with van der Waals surface area (Å²) in [7, 11) is 0. The van der Waals surface area contributed by atoms with Crippen molar-refractivity contribution in [3.8, 4) is 5.75 Å². The molecule has 0 spiro atoms. The normalized spacial score (nSPS) is 19.4. The molecule has 2 aromatic carbocycles. The van der Waals surface area contributed by atoms with Crippen LogP contribution in [0.2, 0.25) is 0 Å². The molecular formula is C28H35F2N5O4. The maximum Gasteiger partial charge on any atom is 0.331 e. The highest BCUT2D eigenvalue weighted by molar-refractivity contribution is 5.91. The number of hydrogen-bond donors (Lipinski definition) is 2. The first-order valence-corrected chi connectivity index (χ1v) is 12.8. The average molecular weight is 544 g/mol. The Morgan fingerprint density at radius 2 is 1.77 bits per heavy atom. The molecule has 0 aliphatic carbocycles. The van der Waals surface area contributed by atoms with Gasteiger partial charge in [-0.1, -0.05) is 50.6 Å². The van der Waals surface area contributed by atoms with Crippen LogP contribution in [0.25, 0.3) is 0 Å². The van der Waals surface area contributed by atoms with Gasteiger partial charge in [-0.15, -0.1) is 0 Å². The lowest BCUT2D eigenvalue weighted by atomic mass is 9.98. The zero-order valence-corrected chi connectivity index (χ0v) is 22.4. The van der Waals surface area contributed by atoms with E-state index in [0.29, 0.717) is 11.1 Å². The van der Waals surface area contributed by atoms with E-state index in [1.54, 1.807) is 19.1 Å². The third kappa shape index (κ3) is 6.91. The molecule has 2 heterocycles. The molecule has 11 heteroatoms. The first-order chi connectivity index (χ1) is 18.5. The Kier molecular flexibility index (Phi) is 9.63. The summed E-state index contributed by atoms with van der Waals surface area (Å²) in [6.45, 7) is 9.55. The molecule has 2 fully saturated rings. The van der Waals surface area contributed by atoms with Gasteiger partial charge in [0.2, 0.25) is 11.8 Å². The third-order valence-corrected chi connectivity index (χ3v) is 6.25. The zero-order valence-electron chi connectivity index (χ0n) is 22.4. The third-order valence-electron chi connectivity index (χ3n) is 6.25. The molecule has 9 nitrogen and oxygen atoms in total. The summed E-state index contributed by atoms with van der Waals surface area (Å²) in [6.07, 6.45) is 0.406. The van der Waals surface area contributed by atoms with Crippen molar-refractivity contribution in [2.24, 2.45) is 5.73 Å². The van der Waals surface area contributed by atoms with E-state index in [1.165, 1.54) is 44.4 Å². The number of amides is 4. The van der Waals surface area contributed by atoms with Crippen molar-refractivity contribution in [2.45, 2.75) is 52.4 Å². The number of rotatable bonds is 6. The van der Waals surface area contributed by atoms with Gasteiger partial charge in [-0.3, -0.25) is 9.59 Å². The number of hydrazine groups is 1. The van der Waals surface area contributed by atoms with Crippen LogP contribution in [0.4, 0.5) is 13.6 Å². The molecule has 0 bridgehead atoms. The summed E-state index contributed by atoms with van der Waals surface area (Å²) in [6, 6.07) is 7.45. The number of primary amides is 1. The van der Waals surface area contributed by atoms with Crippen molar-refractivity contribution in [3.63, 3.8) is 0 Å². The molecule has 4 rings (SSSR count). The summed E-state index contributed by atoms with van der Waals surface area (Å²) in [4.78, 5) is 42.2. The van der Waals surface area contributed by atoms with Crippen molar-refractivity contribution in [1.29, 1.82) is 0 Å². The summed E-state index contributed by atoms with van der Waals surface area (Å²) in [5.41, 5.74) is 7.17. The monoisotopic (exact) mass is 543 g/mol. The minimum atomic E-state index is -1.02. The van der Waals surface area contributed by atoms with Gasteiger partial charge in [-0.25, -0.2) is 23.6 Å². The molecule has 210 valence electrons. The van der Waals surface area contributed by atoms with Crippen molar-refractivity contribution < 1.29 is 28.3 Å². The van der Waals surface area contributed by atoms with E-state index in [0.717, 1.165) is 12.1 Å². The molecular weight excluding hydrogens is 508 g/mol. The molecule has 2 saturated heterocycles. The molecule has 2 aliphatic rings. The highest BCUT2D eigenvalue weighted by Crippen LogP contribution is 2.30. The molecule has 0 radical (unpaired) electrons. The van der Waals surface area contributed by atoms with Crippen molar-refractivity contribution in [2.75, 3.05) is 19.6 Å². The number of fused-ring (bicyclic) bond motifs is 1. The van der Waals surface area contributed by atoms with Gasteiger partial charge < -0.3 is 20.6 Å². The van der Waals surface area contributed by atoms with E-state index in [-0.39, 0.29) is 49.8 Å². The number of phenols is 1. The molecule has 4 amide bonds. The van der Waals surface area contributed by atoms with Crippen LogP contribution >= 0.6 is 0 Å². The van der Waals surface area contributed by atoms with Gasteiger partial charge in [0.05, 0.1) is 13.1 Å². The van der Waals surface area contributed by atoms with Crippen molar-refractivity contribution >= 4 is 17.8 Å². The Morgan fingerprint density at radius 3 is 2.33 bits per heavy atom. The lowest BCUT2D eigenvalue weighted by Crippen LogP contribution is -2.76. The second-order valence-electron chi connectivity index (χ2n) is 9.79. The van der Waals surface area contributed by atoms with Gasteiger partial charge in [-0.2, -0.15) is 0 Å². The number of carbonyl (C=O) groups excluding carboxylic acids is 3. The van der Waals surface area contributed by atoms with Gasteiger partial charge in [0, 0.05) is 31.1 Å². The van der Waals surface area contributed by atoms with E-state index in [4.69, 9.17) is 5.73 Å². The van der Waals surface area contributed by atoms with Crippen LogP contribution in [0, 0.1) is 11.6 Å². The zero-order chi connectivity index (χ0) is 28.9. The van der Waals surface area contributed by atoms with Gasteiger partial charge >= 0.3 is 6.03 Å². The highest BCUT2D eigenvalue weighted by atomic mass is 19.1. The van der Waals surface area contributed by atoms with Crippen LogP contribution in [0.1, 0.15) is 38.3 Å². The Balaban J connectivity index is 0.00000134. The predicted molar refractivity (Wildman–Crippen MR) is 142 cm³/mol. The van der Waals surface area contributed by atoms with Gasteiger partial charge in [0.1, 0.15) is 29.6 Å². The van der Waals surface area contributed by atoms with E-state index in [9.17, 15) is 28.3 Å². The largest absolute Gasteiger partial charge is 0.508 e. The number of benzene rings is 2. The standard InChI is InChI=1S/C25H27F2N5O4.C3H8/c1-15(2)11-30-14-23(34)31-21(9-16-3-7-19(33)8-4-16)24(35)29(13-22(31)32(30)25(28)36)12-17-5-6-18(26)10-20(17)27;1-3-2/h3-8,10,21-22,33H,1,9,11-14H2,2H3,(H2,28,36);3H2,1-2H3/t21-,22?;/m0./s1. The molecule has 2 aromatic rings. The summed E-state index contributed by atoms with van der Waals surface area (Å²) < 4.78 is 27.9. The van der Waals surface area contributed by atoms with E-state index < -0.39 is 35.8 Å². The average Bonchev–Trinajstić information content (AvgIpc) is 2.84. The fourth-order valence-corrected chi connectivity index (χ4v) is 4.72. The lowest BCUT2D eigenvalue weighted by Gasteiger charge is -2.55. The van der Waals surface area contributed by atoms with Crippen LogP contribution in [0.15, 0.2) is 54.6 Å². The van der Waals surface area contributed by atoms with E-state index >= 15 is 0 Å². The second-order valence-corrected chi connectivity index (χ2v) is 9.79. The first kappa shape index (κ1) is 29.6. The Labute approximate surface area is 227 Å². The number of piperazine rings is 1. The van der Waals surface area contributed by atoms with Crippen LogP contribution in [-0.4, -0.2) is 74.6 Å². The molecule has 2 aliphatic heterocycles. The molecule has 1 unspecified atom stereocenters. The maximum atomic E-state index is 14.5. The van der Waals surface area contributed by atoms with Gasteiger partial charge in [0.15, 0.2) is 0 Å². The predicted octanol–water partition coefficient (Wildman–Crippen LogP) is 3.38. The van der Waals surface area contributed by atoms with Crippen LogP contribution in [-0.2, 0) is 22.6 Å². The number of hydrogen-bond acceptors (Lipinski definition) is 5. The molecule has 3 N–H and O–H groups in total. The summed E-state index contributed by atoms with van der Waals surface area (Å²) in [5.74, 6) is -2.33. The van der Waals surface area contributed by atoms with Crippen molar-refractivity contribution in [1.82, 2.24) is 19.8 Å². The Morgan fingerprint density at radius 1 is 1.13 bits per heavy atom. The lowest BCUT2D eigenvalue weighted by molar-refractivity contribution is -0.189. The minimum Gasteiger partial charge on any atom is -0.508 e. The first-order valence-electron chi connectivity index (χ1n) is 12.8. The Hall–Kier alpha value is -3.99. The topological polar surface area (TPSA) is 110 Å². The number of nitrogens with zero attached hydrogens (tertiary/aromatic N) is 4. The summed E-state index contributed by atoms with van der Waals surface area (Å²) in [5, 5.41) is 12.3. The smallest absolute Gasteiger partial charge is 0.331 e. The summed E-state index contributed by atoms with van der Waals surface area (Å²) >= 11 is 0. The number of halogens is 2. The minimum absolute atomic E-state index is 0.0457. The quantitative estimate of drug-likeness (QED) is 0.543.